The van der Waals surface area contributed by atoms with Gasteiger partial charge >= 0.3 is 0 Å². The van der Waals surface area contributed by atoms with E-state index in [0.717, 1.165) is 12.8 Å². The second-order valence-electron chi connectivity index (χ2n) is 4.70. The molecule has 1 aliphatic carbocycles. The molecular formula is C11H18O. The molecule has 0 saturated carbocycles. The summed E-state index contributed by atoms with van der Waals surface area (Å²) in [5.74, 6) is 0. The average molecular weight is 166 g/mol. The van der Waals surface area contributed by atoms with Gasteiger partial charge in [0.05, 0.1) is 0 Å². The van der Waals surface area contributed by atoms with E-state index in [-0.39, 0.29) is 5.41 Å². The van der Waals surface area contributed by atoms with Gasteiger partial charge in [0.15, 0.2) is 0 Å². The highest BCUT2D eigenvalue weighted by atomic mass is 16.3. The largest absolute Gasteiger partial charge is 0.382 e. The Morgan fingerprint density at radius 1 is 1.58 bits per heavy atom. The molecule has 0 radical (unpaired) electrons. The SMILES string of the molecule is C=CC1(O)C=C(C)CC(C)(C)C1. The molecule has 0 saturated heterocycles. The Hall–Kier alpha value is -0.560. The van der Waals surface area contributed by atoms with Crippen LogP contribution in [0.1, 0.15) is 33.6 Å². The smallest absolute Gasteiger partial charge is 0.101 e. The van der Waals surface area contributed by atoms with Gasteiger partial charge in [-0.1, -0.05) is 38.2 Å². The molecule has 1 N–H and O–H groups in total. The van der Waals surface area contributed by atoms with Crippen LogP contribution in [0.25, 0.3) is 0 Å². The van der Waals surface area contributed by atoms with Crippen molar-refractivity contribution in [3.05, 3.63) is 24.3 Å². The topological polar surface area (TPSA) is 20.2 Å². The molecule has 0 aromatic heterocycles. The molecule has 0 fully saturated rings. The van der Waals surface area contributed by atoms with E-state index in [1.165, 1.54) is 5.57 Å². The molecule has 0 aromatic rings. The van der Waals surface area contributed by atoms with E-state index in [4.69, 9.17) is 0 Å². The van der Waals surface area contributed by atoms with Crippen LogP contribution in [0.15, 0.2) is 24.3 Å². The number of allylic oxidation sites excluding steroid dienone is 1. The zero-order chi connectivity index (χ0) is 9.41. The zero-order valence-corrected chi connectivity index (χ0v) is 8.22. The second-order valence-corrected chi connectivity index (χ2v) is 4.70. The standard InChI is InChI=1S/C11H18O/c1-5-11(12)7-9(2)6-10(3,4)8-11/h5,7,12H,1,6,8H2,2-4H3. The molecule has 12 heavy (non-hydrogen) atoms. The molecule has 0 spiro atoms. The van der Waals surface area contributed by atoms with Crippen LogP contribution >= 0.6 is 0 Å². The Morgan fingerprint density at radius 2 is 2.17 bits per heavy atom. The minimum absolute atomic E-state index is 0.196. The highest BCUT2D eigenvalue weighted by molar-refractivity contribution is 5.22. The lowest BCUT2D eigenvalue weighted by atomic mass is 9.71. The maximum Gasteiger partial charge on any atom is 0.101 e. The van der Waals surface area contributed by atoms with Crippen LogP contribution in [0.2, 0.25) is 0 Å². The van der Waals surface area contributed by atoms with Gasteiger partial charge in [-0.2, -0.15) is 0 Å². The first-order valence-electron chi connectivity index (χ1n) is 4.41. The van der Waals surface area contributed by atoms with Crippen molar-refractivity contribution < 1.29 is 5.11 Å². The van der Waals surface area contributed by atoms with E-state index in [9.17, 15) is 5.11 Å². The third-order valence-electron chi connectivity index (χ3n) is 2.37. The van der Waals surface area contributed by atoms with Crippen molar-refractivity contribution >= 4 is 0 Å². The van der Waals surface area contributed by atoms with Crippen LogP contribution in [0, 0.1) is 5.41 Å². The highest BCUT2D eigenvalue weighted by Crippen LogP contribution is 2.40. The van der Waals surface area contributed by atoms with Crippen molar-refractivity contribution in [3.8, 4) is 0 Å². The summed E-state index contributed by atoms with van der Waals surface area (Å²) in [4.78, 5) is 0. The van der Waals surface area contributed by atoms with Gasteiger partial charge < -0.3 is 5.11 Å². The van der Waals surface area contributed by atoms with Crippen molar-refractivity contribution in [2.45, 2.75) is 39.2 Å². The molecule has 68 valence electrons. The number of aliphatic hydroxyl groups is 1. The first-order valence-corrected chi connectivity index (χ1v) is 4.41. The Kier molecular flexibility index (Phi) is 2.17. The minimum Gasteiger partial charge on any atom is -0.382 e. The van der Waals surface area contributed by atoms with Crippen molar-refractivity contribution in [3.63, 3.8) is 0 Å². The van der Waals surface area contributed by atoms with Gasteiger partial charge in [-0.3, -0.25) is 0 Å². The normalized spacial score (nSPS) is 34.2. The Labute approximate surface area is 74.8 Å². The molecule has 0 bridgehead atoms. The second kappa shape index (κ2) is 2.74. The van der Waals surface area contributed by atoms with Gasteiger partial charge in [-0.25, -0.2) is 0 Å². The fraction of sp³-hybridized carbons (Fsp3) is 0.636. The van der Waals surface area contributed by atoms with Gasteiger partial charge in [0.2, 0.25) is 0 Å². The molecule has 1 aliphatic rings. The van der Waals surface area contributed by atoms with Gasteiger partial charge in [-0.05, 0) is 25.2 Å². The zero-order valence-electron chi connectivity index (χ0n) is 8.22. The van der Waals surface area contributed by atoms with E-state index < -0.39 is 5.60 Å². The van der Waals surface area contributed by atoms with Crippen molar-refractivity contribution in [1.82, 2.24) is 0 Å². The molecule has 0 amide bonds. The van der Waals surface area contributed by atoms with Crippen molar-refractivity contribution in [1.29, 1.82) is 0 Å². The average Bonchev–Trinajstić information content (AvgIpc) is 1.82. The van der Waals surface area contributed by atoms with Crippen molar-refractivity contribution in [2.24, 2.45) is 5.41 Å². The summed E-state index contributed by atoms with van der Waals surface area (Å²) in [6.07, 6.45) is 5.41. The number of rotatable bonds is 1. The predicted molar refractivity (Wildman–Crippen MR) is 51.9 cm³/mol. The third kappa shape index (κ3) is 1.98. The minimum atomic E-state index is -0.772. The molecule has 1 rings (SSSR count). The molecule has 1 nitrogen and oxygen atoms in total. The summed E-state index contributed by atoms with van der Waals surface area (Å²) in [6.45, 7) is 10.1. The number of hydrogen-bond acceptors (Lipinski definition) is 1. The van der Waals surface area contributed by atoms with E-state index >= 15 is 0 Å². The summed E-state index contributed by atoms with van der Waals surface area (Å²) in [5.41, 5.74) is 0.682. The lowest BCUT2D eigenvalue weighted by Crippen LogP contribution is -2.34. The molecule has 0 aromatic carbocycles. The summed E-state index contributed by atoms with van der Waals surface area (Å²) in [7, 11) is 0. The van der Waals surface area contributed by atoms with E-state index in [1.54, 1.807) is 6.08 Å². The fourth-order valence-corrected chi connectivity index (χ4v) is 2.24. The van der Waals surface area contributed by atoms with Crippen molar-refractivity contribution in [2.75, 3.05) is 0 Å². The lowest BCUT2D eigenvalue weighted by molar-refractivity contribution is 0.0735. The first-order chi connectivity index (χ1) is 5.37. The monoisotopic (exact) mass is 166 g/mol. The molecular weight excluding hydrogens is 148 g/mol. The van der Waals surface area contributed by atoms with Crippen LogP contribution in [0.3, 0.4) is 0 Å². The van der Waals surface area contributed by atoms with Crippen LogP contribution in [-0.4, -0.2) is 10.7 Å². The van der Waals surface area contributed by atoms with E-state index in [2.05, 4.69) is 27.4 Å². The molecule has 0 aliphatic heterocycles. The lowest BCUT2D eigenvalue weighted by Gasteiger charge is -2.37. The van der Waals surface area contributed by atoms with E-state index in [0.29, 0.717) is 0 Å². The van der Waals surface area contributed by atoms with Crippen LogP contribution < -0.4 is 0 Å². The summed E-state index contributed by atoms with van der Waals surface area (Å²) in [6, 6.07) is 0. The quantitative estimate of drug-likeness (QED) is 0.594. The summed E-state index contributed by atoms with van der Waals surface area (Å²) < 4.78 is 0. The van der Waals surface area contributed by atoms with Gasteiger partial charge in [-0.15, -0.1) is 0 Å². The highest BCUT2D eigenvalue weighted by Gasteiger charge is 2.34. The maximum atomic E-state index is 9.99. The Morgan fingerprint density at radius 3 is 2.58 bits per heavy atom. The fourth-order valence-electron chi connectivity index (χ4n) is 2.24. The predicted octanol–water partition coefficient (Wildman–Crippen LogP) is 2.67. The van der Waals surface area contributed by atoms with E-state index in [1.807, 2.05) is 6.08 Å². The molecule has 1 atom stereocenters. The van der Waals surface area contributed by atoms with Crippen LogP contribution in [0.5, 0.6) is 0 Å². The molecule has 1 unspecified atom stereocenters. The molecule has 1 heteroatoms. The molecule has 0 heterocycles. The summed E-state index contributed by atoms with van der Waals surface area (Å²) >= 11 is 0. The number of hydrogen-bond donors (Lipinski definition) is 1. The first kappa shape index (κ1) is 9.53. The van der Waals surface area contributed by atoms with Gasteiger partial charge in [0, 0.05) is 0 Å². The summed E-state index contributed by atoms with van der Waals surface area (Å²) in [5, 5.41) is 9.99. The third-order valence-corrected chi connectivity index (χ3v) is 2.37. The maximum absolute atomic E-state index is 9.99. The Balaban J connectivity index is 2.95. The van der Waals surface area contributed by atoms with Gasteiger partial charge in [0.25, 0.3) is 0 Å². The Bertz CT molecular complexity index is 225. The van der Waals surface area contributed by atoms with Crippen LogP contribution in [-0.2, 0) is 0 Å². The van der Waals surface area contributed by atoms with Gasteiger partial charge in [0.1, 0.15) is 5.60 Å². The van der Waals surface area contributed by atoms with Crippen LogP contribution in [0.4, 0.5) is 0 Å².